The van der Waals surface area contributed by atoms with E-state index in [1.54, 1.807) is 24.3 Å². The Kier molecular flexibility index (Phi) is 3.80. The molecule has 0 aromatic heterocycles. The fraction of sp³-hybridized carbons (Fsp3) is 0.167. The molecule has 1 atom stereocenters. The number of urea groups is 1. The number of hydrogen-bond acceptors (Lipinski definition) is 5. The highest BCUT2D eigenvalue weighted by molar-refractivity contribution is 6.32. The molecule has 2 aliphatic heterocycles. The molecule has 1 fully saturated rings. The van der Waals surface area contributed by atoms with Gasteiger partial charge in [0.05, 0.1) is 6.54 Å². The van der Waals surface area contributed by atoms with Gasteiger partial charge in [-0.3, -0.25) is 14.9 Å². The van der Waals surface area contributed by atoms with Crippen molar-refractivity contribution < 1.29 is 14.4 Å². The highest BCUT2D eigenvalue weighted by Crippen LogP contribution is 2.32. The van der Waals surface area contributed by atoms with Crippen LogP contribution in [0.4, 0.5) is 10.5 Å². The van der Waals surface area contributed by atoms with Crippen LogP contribution in [0.1, 0.15) is 21.5 Å². The Bertz CT molecular complexity index is 991. The molecule has 0 radical (unpaired) electrons. The molecular formula is C18H15BN4O4. The third-order valence-electron chi connectivity index (χ3n) is 4.99. The van der Waals surface area contributed by atoms with Crippen LogP contribution in [0, 0.1) is 4.91 Å². The predicted octanol–water partition coefficient (Wildman–Crippen LogP) is 0.0336. The molecule has 1 saturated heterocycles. The van der Waals surface area contributed by atoms with E-state index in [1.165, 1.54) is 11.0 Å². The first-order valence-corrected chi connectivity index (χ1v) is 8.39. The molecule has 0 unspecified atom stereocenters. The van der Waals surface area contributed by atoms with Gasteiger partial charge in [0, 0.05) is 12.1 Å². The lowest BCUT2D eigenvalue weighted by atomic mass is 9.86. The summed E-state index contributed by atoms with van der Waals surface area (Å²) in [6.45, 7) is 0.208. The quantitative estimate of drug-likeness (QED) is 0.455. The van der Waals surface area contributed by atoms with Gasteiger partial charge in [0.25, 0.3) is 11.8 Å². The van der Waals surface area contributed by atoms with E-state index in [0.717, 1.165) is 5.46 Å². The van der Waals surface area contributed by atoms with Crippen molar-refractivity contribution >= 4 is 36.8 Å². The second kappa shape index (κ2) is 6.05. The summed E-state index contributed by atoms with van der Waals surface area (Å²) in [6.07, 6.45) is 0. The third kappa shape index (κ3) is 2.68. The zero-order valence-electron chi connectivity index (χ0n) is 14.5. The zero-order valence-corrected chi connectivity index (χ0v) is 14.5. The molecule has 4 amide bonds. The minimum atomic E-state index is -1.37. The van der Waals surface area contributed by atoms with Crippen LogP contribution in [-0.2, 0) is 16.9 Å². The van der Waals surface area contributed by atoms with Crippen molar-refractivity contribution in [3.8, 4) is 0 Å². The number of amides is 4. The minimum absolute atomic E-state index is 0.0228. The number of carbonyl (C=O) groups excluding carboxylic acids is 3. The predicted molar refractivity (Wildman–Crippen MR) is 99.6 cm³/mol. The van der Waals surface area contributed by atoms with Gasteiger partial charge in [0.2, 0.25) is 0 Å². The summed E-state index contributed by atoms with van der Waals surface area (Å²) < 4.78 is 0. The topological polar surface area (TPSA) is 108 Å². The maximum absolute atomic E-state index is 12.8. The van der Waals surface area contributed by atoms with E-state index in [2.05, 4.69) is 15.8 Å². The molecule has 0 saturated carbocycles. The van der Waals surface area contributed by atoms with Crippen LogP contribution in [0.5, 0.6) is 0 Å². The van der Waals surface area contributed by atoms with Gasteiger partial charge in [-0.2, -0.15) is 0 Å². The van der Waals surface area contributed by atoms with E-state index in [0.29, 0.717) is 16.7 Å². The first-order chi connectivity index (χ1) is 12.9. The lowest BCUT2D eigenvalue weighted by Crippen LogP contribution is -2.52. The molecule has 27 heavy (non-hydrogen) atoms. The van der Waals surface area contributed by atoms with Crippen LogP contribution in [0.2, 0.25) is 0 Å². The first kappa shape index (κ1) is 17.0. The summed E-state index contributed by atoms with van der Waals surface area (Å²) in [5.41, 5.74) is 1.61. The van der Waals surface area contributed by atoms with Crippen molar-refractivity contribution in [2.45, 2.75) is 12.1 Å². The van der Waals surface area contributed by atoms with E-state index in [4.69, 9.17) is 0 Å². The summed E-state index contributed by atoms with van der Waals surface area (Å²) in [6, 6.07) is 11.2. The second-order valence-electron chi connectivity index (χ2n) is 6.77. The highest BCUT2D eigenvalue weighted by atomic mass is 16.3. The van der Waals surface area contributed by atoms with Gasteiger partial charge >= 0.3 is 6.03 Å². The third-order valence-corrected chi connectivity index (χ3v) is 4.99. The number of rotatable bonds is 4. The maximum atomic E-state index is 12.8. The lowest BCUT2D eigenvalue weighted by Gasteiger charge is -2.31. The molecule has 2 aromatic carbocycles. The fourth-order valence-corrected chi connectivity index (χ4v) is 3.57. The molecule has 2 aromatic rings. The van der Waals surface area contributed by atoms with Gasteiger partial charge in [0.15, 0.2) is 5.54 Å². The van der Waals surface area contributed by atoms with E-state index in [1.807, 2.05) is 20.0 Å². The summed E-state index contributed by atoms with van der Waals surface area (Å²) in [7, 11) is 1.92. The molecule has 9 heteroatoms. The second-order valence-corrected chi connectivity index (χ2v) is 6.77. The van der Waals surface area contributed by atoms with Gasteiger partial charge in [0.1, 0.15) is 13.5 Å². The number of benzene rings is 2. The molecule has 2 N–H and O–H groups in total. The van der Waals surface area contributed by atoms with Crippen molar-refractivity contribution in [1.29, 1.82) is 0 Å². The summed E-state index contributed by atoms with van der Waals surface area (Å²) in [5, 5.41) is 7.85. The average Bonchev–Trinajstić information content (AvgIpc) is 3.11. The first-order valence-electron chi connectivity index (χ1n) is 8.39. The van der Waals surface area contributed by atoms with Crippen LogP contribution >= 0.6 is 0 Å². The van der Waals surface area contributed by atoms with Gasteiger partial charge in [-0.1, -0.05) is 29.7 Å². The summed E-state index contributed by atoms with van der Waals surface area (Å²) in [5.74, 6) is -0.766. The zero-order chi connectivity index (χ0) is 19.2. The normalized spacial score (nSPS) is 21.0. The van der Waals surface area contributed by atoms with Crippen molar-refractivity contribution in [2.75, 3.05) is 6.54 Å². The van der Waals surface area contributed by atoms with E-state index in [9.17, 15) is 19.3 Å². The van der Waals surface area contributed by atoms with Crippen LogP contribution in [0.3, 0.4) is 0 Å². The smallest absolute Gasteiger partial charge is 0.322 e. The fourth-order valence-electron chi connectivity index (χ4n) is 3.57. The average molecular weight is 362 g/mol. The van der Waals surface area contributed by atoms with E-state index in [-0.39, 0.29) is 24.7 Å². The SMILES string of the molecule is Bc1ccc([C@]2(CN3Cc4cc(N=O)ccc4C3=O)NC(=O)NC2=O)cc1. The van der Waals surface area contributed by atoms with Crippen molar-refractivity contribution in [3.63, 3.8) is 0 Å². The Hall–Kier alpha value is -3.49. The summed E-state index contributed by atoms with van der Waals surface area (Å²) in [4.78, 5) is 49.5. The number of carbonyl (C=O) groups is 3. The van der Waals surface area contributed by atoms with Crippen LogP contribution < -0.4 is 16.1 Å². The van der Waals surface area contributed by atoms with Crippen LogP contribution in [0.25, 0.3) is 0 Å². The van der Waals surface area contributed by atoms with Crippen LogP contribution in [-0.4, -0.2) is 37.1 Å². The number of hydrogen-bond donors (Lipinski definition) is 2. The molecule has 2 heterocycles. The molecule has 8 nitrogen and oxygen atoms in total. The molecular weight excluding hydrogens is 347 g/mol. The van der Waals surface area contributed by atoms with Crippen LogP contribution in [0.15, 0.2) is 47.6 Å². The highest BCUT2D eigenvalue weighted by Gasteiger charge is 2.50. The Morgan fingerprint density at radius 3 is 2.48 bits per heavy atom. The standard InChI is InChI=1S/C18H15BN4O4/c19-12-3-1-11(2-4-12)18(16(25)20-17(26)21-18)9-23-8-10-7-13(22-27)5-6-14(10)15(23)24/h1-7H,8-9,19H2,(H2,20,21,25,26)/t18-/m0/s1. The molecule has 134 valence electrons. The monoisotopic (exact) mass is 362 g/mol. The van der Waals surface area contributed by atoms with Gasteiger partial charge < -0.3 is 10.2 Å². The Balaban J connectivity index is 1.70. The minimum Gasteiger partial charge on any atom is -0.331 e. The largest absolute Gasteiger partial charge is 0.331 e. The number of nitroso groups, excluding NO2 is 1. The van der Waals surface area contributed by atoms with Gasteiger partial charge in [-0.05, 0) is 34.5 Å². The van der Waals surface area contributed by atoms with Gasteiger partial charge in [-0.25, -0.2) is 4.79 Å². The molecule has 4 rings (SSSR count). The molecule has 0 aliphatic carbocycles. The molecule has 0 bridgehead atoms. The van der Waals surface area contributed by atoms with Crippen molar-refractivity contribution in [3.05, 3.63) is 64.1 Å². The van der Waals surface area contributed by atoms with E-state index >= 15 is 0 Å². The number of fused-ring (bicyclic) bond motifs is 1. The molecule has 0 spiro atoms. The Morgan fingerprint density at radius 2 is 1.85 bits per heavy atom. The number of nitrogens with zero attached hydrogens (tertiary/aromatic N) is 2. The maximum Gasteiger partial charge on any atom is 0.322 e. The Morgan fingerprint density at radius 1 is 1.11 bits per heavy atom. The number of nitrogens with one attached hydrogen (secondary N) is 2. The van der Waals surface area contributed by atoms with Gasteiger partial charge in [-0.15, -0.1) is 4.91 Å². The lowest BCUT2D eigenvalue weighted by molar-refractivity contribution is -0.124. The number of imide groups is 1. The van der Waals surface area contributed by atoms with Crippen molar-refractivity contribution in [2.24, 2.45) is 5.18 Å². The Labute approximate surface area is 155 Å². The molecule has 2 aliphatic rings. The summed E-state index contributed by atoms with van der Waals surface area (Å²) >= 11 is 0. The van der Waals surface area contributed by atoms with Crippen molar-refractivity contribution in [1.82, 2.24) is 15.5 Å². The van der Waals surface area contributed by atoms with E-state index < -0.39 is 17.5 Å².